The number of carboxylic acids is 1. The van der Waals surface area contributed by atoms with E-state index in [2.05, 4.69) is 10.3 Å². The first-order valence-electron chi connectivity index (χ1n) is 6.23. The van der Waals surface area contributed by atoms with Crippen LogP contribution in [0, 0.1) is 5.82 Å². The average molecular weight is 288 g/mol. The van der Waals surface area contributed by atoms with Crippen molar-refractivity contribution in [3.8, 4) is 0 Å². The molecule has 0 bridgehead atoms. The van der Waals surface area contributed by atoms with Gasteiger partial charge in [0.15, 0.2) is 0 Å². The molecule has 0 radical (unpaired) electrons. The highest BCUT2D eigenvalue weighted by molar-refractivity contribution is 5.93. The molecule has 0 unspecified atom stereocenters. The van der Waals surface area contributed by atoms with E-state index in [1.165, 1.54) is 6.20 Å². The molecule has 21 heavy (non-hydrogen) atoms. The molecule has 0 fully saturated rings. The molecule has 0 spiro atoms. The summed E-state index contributed by atoms with van der Waals surface area (Å²) < 4.78 is 13.0. The summed E-state index contributed by atoms with van der Waals surface area (Å²) in [7, 11) is 0. The Morgan fingerprint density at radius 1 is 1.19 bits per heavy atom. The Labute approximate surface area is 120 Å². The zero-order valence-electron chi connectivity index (χ0n) is 11.0. The second-order valence-electron chi connectivity index (χ2n) is 4.41. The lowest BCUT2D eigenvalue weighted by atomic mass is 10.0. The van der Waals surface area contributed by atoms with Gasteiger partial charge < -0.3 is 10.4 Å². The fraction of sp³-hybridized carbons (Fsp3) is 0.133. The SMILES string of the molecule is O=C(O)Cc1ccccc1CNC(=O)c1cncc(F)c1. The summed E-state index contributed by atoms with van der Waals surface area (Å²) in [5.74, 6) is -2.00. The fourth-order valence-corrected chi connectivity index (χ4v) is 1.88. The summed E-state index contributed by atoms with van der Waals surface area (Å²) in [6.45, 7) is 0.165. The molecule has 1 heterocycles. The Hall–Kier alpha value is -2.76. The number of nitrogens with one attached hydrogen (secondary N) is 1. The molecule has 1 amide bonds. The lowest BCUT2D eigenvalue weighted by Gasteiger charge is -2.09. The quantitative estimate of drug-likeness (QED) is 0.879. The molecule has 2 N–H and O–H groups in total. The number of carbonyl (C=O) groups excluding carboxylic acids is 1. The van der Waals surface area contributed by atoms with Gasteiger partial charge in [-0.15, -0.1) is 0 Å². The van der Waals surface area contributed by atoms with Crippen molar-refractivity contribution in [1.82, 2.24) is 10.3 Å². The van der Waals surface area contributed by atoms with Crippen LogP contribution in [-0.2, 0) is 17.8 Å². The van der Waals surface area contributed by atoms with Gasteiger partial charge in [0.1, 0.15) is 5.82 Å². The molecule has 0 saturated heterocycles. The van der Waals surface area contributed by atoms with Gasteiger partial charge in [-0.25, -0.2) is 4.39 Å². The Bertz CT molecular complexity index is 673. The number of carbonyl (C=O) groups is 2. The van der Waals surface area contributed by atoms with Gasteiger partial charge in [0.25, 0.3) is 5.91 Å². The van der Waals surface area contributed by atoms with Crippen LogP contribution in [0.4, 0.5) is 4.39 Å². The predicted molar refractivity (Wildman–Crippen MR) is 73.1 cm³/mol. The van der Waals surface area contributed by atoms with Crippen LogP contribution in [0.1, 0.15) is 21.5 Å². The third kappa shape index (κ3) is 4.10. The monoisotopic (exact) mass is 288 g/mol. The maximum atomic E-state index is 13.0. The van der Waals surface area contributed by atoms with Crippen LogP contribution < -0.4 is 5.32 Å². The Morgan fingerprint density at radius 2 is 1.90 bits per heavy atom. The molecule has 1 aromatic carbocycles. The van der Waals surface area contributed by atoms with Crippen LogP contribution in [0.3, 0.4) is 0 Å². The fourth-order valence-electron chi connectivity index (χ4n) is 1.88. The molecule has 6 heteroatoms. The summed E-state index contributed by atoms with van der Waals surface area (Å²) in [5.41, 5.74) is 1.45. The van der Waals surface area contributed by atoms with E-state index in [4.69, 9.17) is 5.11 Å². The van der Waals surface area contributed by atoms with E-state index in [1.54, 1.807) is 24.3 Å². The number of pyridine rings is 1. The lowest BCUT2D eigenvalue weighted by molar-refractivity contribution is -0.136. The molecular weight excluding hydrogens is 275 g/mol. The number of hydrogen-bond donors (Lipinski definition) is 2. The first-order chi connectivity index (χ1) is 10.1. The molecule has 5 nitrogen and oxygen atoms in total. The number of aromatic nitrogens is 1. The van der Waals surface area contributed by atoms with Gasteiger partial charge in [-0.3, -0.25) is 14.6 Å². The minimum Gasteiger partial charge on any atom is -0.481 e. The van der Waals surface area contributed by atoms with Gasteiger partial charge in [0.05, 0.1) is 18.2 Å². The number of benzene rings is 1. The molecule has 0 aliphatic heterocycles. The molecular formula is C15H13FN2O3. The van der Waals surface area contributed by atoms with Gasteiger partial charge in [-0.2, -0.15) is 0 Å². The second kappa shape index (κ2) is 6.60. The van der Waals surface area contributed by atoms with E-state index in [0.717, 1.165) is 12.3 Å². The zero-order chi connectivity index (χ0) is 15.2. The first kappa shape index (κ1) is 14.6. The largest absolute Gasteiger partial charge is 0.481 e. The lowest BCUT2D eigenvalue weighted by Crippen LogP contribution is -2.24. The van der Waals surface area contributed by atoms with E-state index >= 15 is 0 Å². The van der Waals surface area contributed by atoms with Crippen molar-refractivity contribution < 1.29 is 19.1 Å². The number of amides is 1. The smallest absolute Gasteiger partial charge is 0.307 e. The third-order valence-electron chi connectivity index (χ3n) is 2.87. The van der Waals surface area contributed by atoms with E-state index in [0.29, 0.717) is 11.1 Å². The highest BCUT2D eigenvalue weighted by atomic mass is 19.1. The summed E-state index contributed by atoms with van der Waals surface area (Å²) in [6.07, 6.45) is 2.16. The van der Waals surface area contributed by atoms with Crippen LogP contribution >= 0.6 is 0 Å². The van der Waals surface area contributed by atoms with Crippen molar-refractivity contribution in [2.75, 3.05) is 0 Å². The molecule has 2 rings (SSSR count). The Balaban J connectivity index is 2.06. The molecule has 1 aromatic heterocycles. The Morgan fingerprint density at radius 3 is 2.57 bits per heavy atom. The molecule has 0 saturated carbocycles. The van der Waals surface area contributed by atoms with Crippen molar-refractivity contribution in [2.24, 2.45) is 0 Å². The maximum absolute atomic E-state index is 13.0. The molecule has 2 aromatic rings. The highest BCUT2D eigenvalue weighted by Gasteiger charge is 2.10. The van der Waals surface area contributed by atoms with Crippen molar-refractivity contribution in [3.63, 3.8) is 0 Å². The molecule has 0 atom stereocenters. The van der Waals surface area contributed by atoms with Gasteiger partial charge in [-0.1, -0.05) is 24.3 Å². The summed E-state index contributed by atoms with van der Waals surface area (Å²) in [5, 5.41) is 11.5. The molecule has 0 aliphatic carbocycles. The van der Waals surface area contributed by atoms with Crippen LogP contribution in [-0.4, -0.2) is 22.0 Å². The van der Waals surface area contributed by atoms with Crippen LogP contribution in [0.5, 0.6) is 0 Å². The maximum Gasteiger partial charge on any atom is 0.307 e. The number of rotatable bonds is 5. The topological polar surface area (TPSA) is 79.3 Å². The summed E-state index contributed by atoms with van der Waals surface area (Å²) in [4.78, 5) is 26.3. The minimum absolute atomic E-state index is 0.116. The van der Waals surface area contributed by atoms with Gasteiger partial charge in [0, 0.05) is 12.7 Å². The first-order valence-corrected chi connectivity index (χ1v) is 6.23. The average Bonchev–Trinajstić information content (AvgIpc) is 2.45. The number of aliphatic carboxylic acids is 1. The van der Waals surface area contributed by atoms with Gasteiger partial charge >= 0.3 is 5.97 Å². The third-order valence-corrected chi connectivity index (χ3v) is 2.87. The zero-order valence-corrected chi connectivity index (χ0v) is 11.0. The van der Waals surface area contributed by atoms with Crippen LogP contribution in [0.25, 0.3) is 0 Å². The molecule has 0 aliphatic rings. The van der Waals surface area contributed by atoms with E-state index in [9.17, 15) is 14.0 Å². The van der Waals surface area contributed by atoms with E-state index in [1.807, 2.05) is 0 Å². The normalized spacial score (nSPS) is 10.1. The van der Waals surface area contributed by atoms with Crippen molar-refractivity contribution in [3.05, 3.63) is 65.2 Å². The number of nitrogens with zero attached hydrogens (tertiary/aromatic N) is 1. The van der Waals surface area contributed by atoms with E-state index < -0.39 is 17.7 Å². The predicted octanol–water partition coefficient (Wildman–Crippen LogP) is 1.78. The summed E-state index contributed by atoms with van der Waals surface area (Å²) >= 11 is 0. The summed E-state index contributed by atoms with van der Waals surface area (Å²) in [6, 6.07) is 8.02. The number of carboxylic acid groups (broad SMARTS) is 1. The van der Waals surface area contributed by atoms with E-state index in [-0.39, 0.29) is 18.5 Å². The standard InChI is InChI=1S/C15H13FN2O3/c16-13-5-12(7-17-9-13)15(21)18-8-11-4-2-1-3-10(11)6-14(19)20/h1-5,7,9H,6,8H2,(H,18,21)(H,19,20). The van der Waals surface area contributed by atoms with Crippen molar-refractivity contribution in [1.29, 1.82) is 0 Å². The number of halogens is 1. The molecule has 108 valence electrons. The van der Waals surface area contributed by atoms with Crippen LogP contribution in [0.2, 0.25) is 0 Å². The van der Waals surface area contributed by atoms with Crippen molar-refractivity contribution >= 4 is 11.9 Å². The van der Waals surface area contributed by atoms with Crippen molar-refractivity contribution in [2.45, 2.75) is 13.0 Å². The van der Waals surface area contributed by atoms with Gasteiger partial charge in [-0.05, 0) is 17.2 Å². The van der Waals surface area contributed by atoms with Crippen LogP contribution in [0.15, 0.2) is 42.7 Å². The van der Waals surface area contributed by atoms with Gasteiger partial charge in [0.2, 0.25) is 0 Å². The minimum atomic E-state index is -0.942. The number of hydrogen-bond acceptors (Lipinski definition) is 3. The Kier molecular flexibility index (Phi) is 4.61. The second-order valence-corrected chi connectivity index (χ2v) is 4.41. The highest BCUT2D eigenvalue weighted by Crippen LogP contribution is 2.10.